The highest BCUT2D eigenvalue weighted by Gasteiger charge is 1.90. The van der Waals surface area contributed by atoms with Crippen LogP contribution < -0.4 is 0 Å². The van der Waals surface area contributed by atoms with Crippen LogP contribution in [0, 0.1) is 0 Å². The van der Waals surface area contributed by atoms with Gasteiger partial charge in [-0.05, 0) is 13.8 Å². The lowest BCUT2D eigenvalue weighted by Crippen LogP contribution is -1.87. The van der Waals surface area contributed by atoms with E-state index in [0.29, 0.717) is 0 Å². The van der Waals surface area contributed by atoms with Crippen molar-refractivity contribution < 1.29 is 0 Å². The van der Waals surface area contributed by atoms with Crippen molar-refractivity contribution in [2.75, 3.05) is 0 Å². The Balaban J connectivity index is 3.26. The summed E-state index contributed by atoms with van der Waals surface area (Å²) < 4.78 is 0. The van der Waals surface area contributed by atoms with Crippen molar-refractivity contribution in [2.24, 2.45) is 0 Å². The lowest BCUT2D eigenvalue weighted by molar-refractivity contribution is 1.12. The van der Waals surface area contributed by atoms with Gasteiger partial charge >= 0.3 is 0 Å². The Morgan fingerprint density at radius 2 is 2.00 bits per heavy atom. The van der Waals surface area contributed by atoms with E-state index in [1.54, 1.807) is 0 Å². The Labute approximate surface area is 43.8 Å². The second kappa shape index (κ2) is 2.25. The van der Waals surface area contributed by atoms with Gasteiger partial charge in [-0.3, -0.25) is 0 Å². The van der Waals surface area contributed by atoms with Gasteiger partial charge in [0, 0.05) is 0 Å². The SMILES string of the molecule is C=C(C)C(C)Cl. The summed E-state index contributed by atoms with van der Waals surface area (Å²) in [5.41, 5.74) is 1.02. The molecule has 0 N–H and O–H groups in total. The molecule has 0 spiro atoms. The largest absolute Gasteiger partial charge is 0.119 e. The Bertz CT molecular complexity index is 55.0. The molecule has 0 heterocycles. The molecule has 0 saturated carbocycles. The van der Waals surface area contributed by atoms with Crippen molar-refractivity contribution in [1.29, 1.82) is 0 Å². The van der Waals surface area contributed by atoms with Gasteiger partial charge in [0.2, 0.25) is 0 Å². The molecule has 1 atom stereocenters. The van der Waals surface area contributed by atoms with E-state index >= 15 is 0 Å². The molecule has 0 fully saturated rings. The smallest absolute Gasteiger partial charge is 0.0511 e. The highest BCUT2D eigenvalue weighted by atomic mass is 35.5. The monoisotopic (exact) mass is 104 g/mol. The first kappa shape index (κ1) is 6.03. The first-order chi connectivity index (χ1) is 2.64. The number of hydrogen-bond acceptors (Lipinski definition) is 0. The van der Waals surface area contributed by atoms with Crippen LogP contribution in [-0.4, -0.2) is 5.38 Å². The third-order valence-electron chi connectivity index (χ3n) is 0.679. The topological polar surface area (TPSA) is 0 Å². The lowest BCUT2D eigenvalue weighted by Gasteiger charge is -1.94. The molecule has 1 heteroatoms. The Kier molecular flexibility index (Phi) is 2.26. The van der Waals surface area contributed by atoms with E-state index in [1.165, 1.54) is 0 Å². The minimum atomic E-state index is 0.130. The maximum absolute atomic E-state index is 5.51. The zero-order valence-corrected chi connectivity index (χ0v) is 4.92. The average Bonchev–Trinajstić information content (AvgIpc) is 1.36. The third kappa shape index (κ3) is 2.28. The Hall–Kier alpha value is 0.0300. The zero-order chi connectivity index (χ0) is 5.15. The molecule has 0 aliphatic heterocycles. The van der Waals surface area contributed by atoms with Gasteiger partial charge in [0.25, 0.3) is 0 Å². The molecule has 0 aromatic carbocycles. The van der Waals surface area contributed by atoms with Crippen molar-refractivity contribution in [3.63, 3.8) is 0 Å². The van der Waals surface area contributed by atoms with Crippen molar-refractivity contribution >= 4 is 11.6 Å². The fourth-order valence-corrected chi connectivity index (χ4v) is 0. The predicted octanol–water partition coefficient (Wildman–Crippen LogP) is 2.19. The molecule has 1 unspecified atom stereocenters. The fraction of sp³-hybridized carbons (Fsp3) is 0.600. The minimum Gasteiger partial charge on any atom is -0.119 e. The van der Waals surface area contributed by atoms with E-state index in [2.05, 4.69) is 6.58 Å². The summed E-state index contributed by atoms with van der Waals surface area (Å²) in [6.45, 7) is 7.44. The molecule has 0 saturated heterocycles. The van der Waals surface area contributed by atoms with Crippen molar-refractivity contribution in [3.05, 3.63) is 12.2 Å². The van der Waals surface area contributed by atoms with Crippen LogP contribution in [0.5, 0.6) is 0 Å². The molecule has 0 rings (SSSR count). The summed E-state index contributed by atoms with van der Waals surface area (Å²) in [7, 11) is 0. The average molecular weight is 105 g/mol. The molecule has 0 bridgehead atoms. The van der Waals surface area contributed by atoms with E-state index in [4.69, 9.17) is 11.6 Å². The van der Waals surface area contributed by atoms with Gasteiger partial charge in [-0.2, -0.15) is 0 Å². The quantitative estimate of drug-likeness (QED) is 0.353. The second-order valence-electron chi connectivity index (χ2n) is 1.46. The Morgan fingerprint density at radius 3 is 2.00 bits per heavy atom. The van der Waals surface area contributed by atoms with Gasteiger partial charge in [-0.1, -0.05) is 12.2 Å². The van der Waals surface area contributed by atoms with Crippen molar-refractivity contribution in [2.45, 2.75) is 19.2 Å². The van der Waals surface area contributed by atoms with Crippen LogP contribution in [0.1, 0.15) is 13.8 Å². The standard InChI is InChI=1S/C5H9Cl/c1-4(2)5(3)6/h5H,1H2,2-3H3. The number of hydrogen-bond donors (Lipinski definition) is 0. The van der Waals surface area contributed by atoms with E-state index in [1.807, 2.05) is 13.8 Å². The molecule has 6 heavy (non-hydrogen) atoms. The number of rotatable bonds is 1. The molecule has 0 amide bonds. The van der Waals surface area contributed by atoms with E-state index in [-0.39, 0.29) is 5.38 Å². The van der Waals surface area contributed by atoms with Gasteiger partial charge in [0.15, 0.2) is 0 Å². The highest BCUT2D eigenvalue weighted by Crippen LogP contribution is 2.02. The highest BCUT2D eigenvalue weighted by molar-refractivity contribution is 6.21. The molecular weight excluding hydrogens is 95.5 g/mol. The Morgan fingerprint density at radius 1 is 1.83 bits per heavy atom. The van der Waals surface area contributed by atoms with Gasteiger partial charge in [0.05, 0.1) is 5.38 Å². The first-order valence-electron chi connectivity index (χ1n) is 1.94. The summed E-state index contributed by atoms with van der Waals surface area (Å²) >= 11 is 5.51. The van der Waals surface area contributed by atoms with Crippen LogP contribution >= 0.6 is 11.6 Å². The van der Waals surface area contributed by atoms with Crippen LogP contribution in [0.3, 0.4) is 0 Å². The van der Waals surface area contributed by atoms with Gasteiger partial charge in [-0.15, -0.1) is 11.6 Å². The maximum atomic E-state index is 5.51. The normalized spacial score (nSPS) is 13.8. The van der Waals surface area contributed by atoms with Crippen LogP contribution in [0.15, 0.2) is 12.2 Å². The van der Waals surface area contributed by atoms with Crippen LogP contribution in [0.25, 0.3) is 0 Å². The number of allylic oxidation sites excluding steroid dienone is 1. The molecule has 0 aromatic rings. The summed E-state index contributed by atoms with van der Waals surface area (Å²) in [4.78, 5) is 0. The van der Waals surface area contributed by atoms with Gasteiger partial charge < -0.3 is 0 Å². The van der Waals surface area contributed by atoms with E-state index < -0.39 is 0 Å². The van der Waals surface area contributed by atoms with Crippen molar-refractivity contribution in [3.8, 4) is 0 Å². The third-order valence-corrected chi connectivity index (χ3v) is 1.05. The zero-order valence-electron chi connectivity index (χ0n) is 4.16. The van der Waals surface area contributed by atoms with Gasteiger partial charge in [-0.25, -0.2) is 0 Å². The van der Waals surface area contributed by atoms with Crippen LogP contribution in [0.4, 0.5) is 0 Å². The molecule has 0 aliphatic carbocycles. The maximum Gasteiger partial charge on any atom is 0.0511 e. The molecule has 0 aromatic heterocycles. The number of halogens is 1. The van der Waals surface area contributed by atoms with Crippen molar-refractivity contribution in [1.82, 2.24) is 0 Å². The predicted molar refractivity (Wildman–Crippen MR) is 30.1 cm³/mol. The molecule has 0 aliphatic rings. The first-order valence-corrected chi connectivity index (χ1v) is 2.37. The second-order valence-corrected chi connectivity index (χ2v) is 2.12. The summed E-state index contributed by atoms with van der Waals surface area (Å²) in [6.07, 6.45) is 0. The molecule has 0 nitrogen and oxygen atoms in total. The summed E-state index contributed by atoms with van der Waals surface area (Å²) in [6, 6.07) is 0. The van der Waals surface area contributed by atoms with E-state index in [0.717, 1.165) is 5.57 Å². The van der Waals surface area contributed by atoms with Gasteiger partial charge in [0.1, 0.15) is 0 Å². The minimum absolute atomic E-state index is 0.130. The molecular formula is C5H9Cl. The molecule has 0 radical (unpaired) electrons. The summed E-state index contributed by atoms with van der Waals surface area (Å²) in [5.74, 6) is 0. The summed E-state index contributed by atoms with van der Waals surface area (Å²) in [5, 5.41) is 0.130. The van der Waals surface area contributed by atoms with Crippen LogP contribution in [-0.2, 0) is 0 Å². The van der Waals surface area contributed by atoms with E-state index in [9.17, 15) is 0 Å². The van der Waals surface area contributed by atoms with Crippen LogP contribution in [0.2, 0.25) is 0 Å². The number of alkyl halides is 1. The lowest BCUT2D eigenvalue weighted by atomic mass is 10.3. The molecule has 36 valence electrons. The fourth-order valence-electron chi connectivity index (χ4n) is 0.